The Morgan fingerprint density at radius 3 is 2.33 bits per heavy atom. The molecule has 150 valence electrons. The molecule has 1 aromatic rings. The van der Waals surface area contributed by atoms with Crippen LogP contribution < -0.4 is 4.74 Å². The molecule has 0 saturated heterocycles. The lowest BCUT2D eigenvalue weighted by molar-refractivity contribution is -0.144. The lowest BCUT2D eigenvalue weighted by Gasteiger charge is -2.16. The highest BCUT2D eigenvalue weighted by atomic mass is 79.9. The number of methoxy groups -OCH3 is 3. The van der Waals surface area contributed by atoms with Crippen molar-refractivity contribution >= 4 is 33.8 Å². The number of carbonyl (C=O) groups excluding carboxylic acids is 3. The molecule has 0 unspecified atom stereocenters. The van der Waals surface area contributed by atoms with Gasteiger partial charge in [-0.3, -0.25) is 4.79 Å². The summed E-state index contributed by atoms with van der Waals surface area (Å²) in [5.74, 6) is -2.67. The fourth-order valence-corrected chi connectivity index (χ4v) is 3.75. The normalized spacial score (nSPS) is 20.7. The Bertz CT molecular complexity index is 725. The summed E-state index contributed by atoms with van der Waals surface area (Å²) in [6, 6.07) is 0. The molecule has 0 radical (unpaired) electrons. The standard InChI is InChI=1S/C18H23BrO8/c1-5-26-16-12(11(14(20)23-2)13(27-16)15(21)24-3)18(17(22)25-4)9-10(18)7-6-8-19/h10H,5-9H2,1-4H3/t10-,18+/m0/s1. The predicted octanol–water partition coefficient (Wildman–Crippen LogP) is 2.86. The first-order valence-corrected chi connectivity index (χ1v) is 9.66. The molecule has 0 N–H and O–H groups in total. The number of halogens is 1. The number of alkyl halides is 1. The van der Waals surface area contributed by atoms with Crippen LogP contribution in [0.2, 0.25) is 0 Å². The van der Waals surface area contributed by atoms with Crippen LogP contribution in [0.5, 0.6) is 5.95 Å². The maximum Gasteiger partial charge on any atom is 0.375 e. The van der Waals surface area contributed by atoms with E-state index in [4.69, 9.17) is 23.4 Å². The molecule has 1 aromatic heterocycles. The molecule has 0 aromatic carbocycles. The molecule has 0 amide bonds. The van der Waals surface area contributed by atoms with Crippen LogP contribution in [0, 0.1) is 5.92 Å². The molecule has 1 aliphatic carbocycles. The molecule has 0 spiro atoms. The maximum atomic E-state index is 12.7. The molecule has 27 heavy (non-hydrogen) atoms. The van der Waals surface area contributed by atoms with E-state index in [0.29, 0.717) is 6.42 Å². The van der Waals surface area contributed by atoms with Crippen molar-refractivity contribution in [2.24, 2.45) is 5.92 Å². The van der Waals surface area contributed by atoms with Crippen LogP contribution in [0.1, 0.15) is 52.7 Å². The molecule has 2 rings (SSSR count). The third-order valence-electron chi connectivity index (χ3n) is 4.70. The van der Waals surface area contributed by atoms with Gasteiger partial charge in [-0.05, 0) is 32.1 Å². The molecule has 1 fully saturated rings. The SMILES string of the molecule is CCOc1oc(C(=O)OC)c(C(=O)OC)c1[C@@]1(C(=O)OC)C[C@@H]1CCCBr. The fourth-order valence-electron chi connectivity index (χ4n) is 3.42. The second-order valence-corrected chi connectivity index (χ2v) is 6.87. The van der Waals surface area contributed by atoms with E-state index in [1.807, 2.05) is 0 Å². The number of hydrogen-bond donors (Lipinski definition) is 0. The van der Waals surface area contributed by atoms with Crippen molar-refractivity contribution < 1.29 is 37.7 Å². The topological polar surface area (TPSA) is 101 Å². The fraction of sp³-hybridized carbons (Fsp3) is 0.611. The average Bonchev–Trinajstić information content (AvgIpc) is 3.29. The van der Waals surface area contributed by atoms with Gasteiger partial charge in [0.2, 0.25) is 5.76 Å². The van der Waals surface area contributed by atoms with E-state index < -0.39 is 23.3 Å². The highest BCUT2D eigenvalue weighted by molar-refractivity contribution is 9.09. The van der Waals surface area contributed by atoms with Crippen LogP contribution in [0.4, 0.5) is 0 Å². The van der Waals surface area contributed by atoms with E-state index in [9.17, 15) is 14.4 Å². The minimum absolute atomic E-state index is 0.0648. The van der Waals surface area contributed by atoms with Crippen molar-refractivity contribution in [3.63, 3.8) is 0 Å². The monoisotopic (exact) mass is 446 g/mol. The van der Waals surface area contributed by atoms with Gasteiger partial charge in [-0.2, -0.15) is 0 Å². The lowest BCUT2D eigenvalue weighted by atomic mass is 9.89. The molecule has 1 heterocycles. The Kier molecular flexibility index (Phi) is 6.91. The highest BCUT2D eigenvalue weighted by Gasteiger charge is 2.65. The van der Waals surface area contributed by atoms with Gasteiger partial charge in [-0.1, -0.05) is 15.9 Å². The van der Waals surface area contributed by atoms with Gasteiger partial charge in [-0.15, -0.1) is 0 Å². The van der Waals surface area contributed by atoms with Gasteiger partial charge in [0.15, 0.2) is 0 Å². The molecule has 8 nitrogen and oxygen atoms in total. The van der Waals surface area contributed by atoms with E-state index >= 15 is 0 Å². The largest absolute Gasteiger partial charge is 0.468 e. The zero-order valence-electron chi connectivity index (χ0n) is 15.8. The zero-order valence-corrected chi connectivity index (χ0v) is 17.3. The summed E-state index contributed by atoms with van der Waals surface area (Å²) >= 11 is 3.38. The summed E-state index contributed by atoms with van der Waals surface area (Å²) in [6.07, 6.45) is 2.02. The second kappa shape index (κ2) is 8.77. The van der Waals surface area contributed by atoms with Gasteiger partial charge in [0, 0.05) is 5.33 Å². The van der Waals surface area contributed by atoms with Crippen molar-refractivity contribution in [2.45, 2.75) is 31.6 Å². The van der Waals surface area contributed by atoms with Crippen molar-refractivity contribution in [3.8, 4) is 5.95 Å². The Morgan fingerprint density at radius 2 is 1.81 bits per heavy atom. The zero-order chi connectivity index (χ0) is 20.2. The second-order valence-electron chi connectivity index (χ2n) is 6.08. The van der Waals surface area contributed by atoms with Gasteiger partial charge >= 0.3 is 17.9 Å². The van der Waals surface area contributed by atoms with Gasteiger partial charge < -0.3 is 23.4 Å². The molecule has 0 bridgehead atoms. The highest BCUT2D eigenvalue weighted by Crippen LogP contribution is 2.61. The molecular weight excluding hydrogens is 424 g/mol. The molecule has 2 atom stereocenters. The summed E-state index contributed by atoms with van der Waals surface area (Å²) in [7, 11) is 3.63. The molecule has 1 saturated carbocycles. The van der Waals surface area contributed by atoms with Crippen LogP contribution in [-0.4, -0.2) is 51.2 Å². The van der Waals surface area contributed by atoms with Gasteiger partial charge in [-0.25, -0.2) is 9.59 Å². The Morgan fingerprint density at radius 1 is 1.15 bits per heavy atom. The Labute approximate surface area is 165 Å². The number of esters is 3. The van der Waals surface area contributed by atoms with Crippen molar-refractivity contribution in [1.29, 1.82) is 0 Å². The Hall–Kier alpha value is -2.03. The van der Waals surface area contributed by atoms with E-state index in [1.54, 1.807) is 6.92 Å². The van der Waals surface area contributed by atoms with Crippen LogP contribution in [-0.2, 0) is 24.4 Å². The first-order valence-electron chi connectivity index (χ1n) is 8.53. The van der Waals surface area contributed by atoms with Crippen LogP contribution in [0.15, 0.2) is 4.42 Å². The summed E-state index contributed by atoms with van der Waals surface area (Å²) in [6.45, 7) is 1.94. The third-order valence-corrected chi connectivity index (χ3v) is 5.26. The molecule has 1 aliphatic rings. The van der Waals surface area contributed by atoms with E-state index in [2.05, 4.69) is 15.9 Å². The van der Waals surface area contributed by atoms with Gasteiger partial charge in [0.25, 0.3) is 5.95 Å². The van der Waals surface area contributed by atoms with Crippen LogP contribution in [0.3, 0.4) is 0 Å². The smallest absolute Gasteiger partial charge is 0.375 e. The number of ether oxygens (including phenoxy) is 4. The number of furan rings is 1. The number of rotatable bonds is 9. The number of carbonyl (C=O) groups is 3. The van der Waals surface area contributed by atoms with E-state index in [-0.39, 0.29) is 35.4 Å². The van der Waals surface area contributed by atoms with E-state index in [1.165, 1.54) is 14.2 Å². The molecule has 9 heteroatoms. The minimum atomic E-state index is -1.12. The minimum Gasteiger partial charge on any atom is -0.468 e. The first-order chi connectivity index (χ1) is 12.9. The van der Waals surface area contributed by atoms with Crippen LogP contribution in [0.25, 0.3) is 0 Å². The quantitative estimate of drug-likeness (QED) is 0.324. The first kappa shape index (κ1) is 21.3. The summed E-state index contributed by atoms with van der Waals surface area (Å²) in [4.78, 5) is 37.4. The predicted molar refractivity (Wildman–Crippen MR) is 97.4 cm³/mol. The maximum absolute atomic E-state index is 12.7. The van der Waals surface area contributed by atoms with Gasteiger partial charge in [0.05, 0.1) is 33.5 Å². The van der Waals surface area contributed by atoms with Crippen molar-refractivity contribution in [2.75, 3.05) is 33.3 Å². The van der Waals surface area contributed by atoms with Crippen molar-refractivity contribution in [1.82, 2.24) is 0 Å². The molecule has 0 aliphatic heterocycles. The van der Waals surface area contributed by atoms with Crippen molar-refractivity contribution in [3.05, 3.63) is 16.9 Å². The summed E-state index contributed by atoms with van der Waals surface area (Å²) in [5, 5.41) is 0.779. The Balaban J connectivity index is 2.70. The lowest BCUT2D eigenvalue weighted by Crippen LogP contribution is -2.27. The van der Waals surface area contributed by atoms with Crippen LogP contribution >= 0.6 is 15.9 Å². The average molecular weight is 447 g/mol. The van der Waals surface area contributed by atoms with Gasteiger partial charge in [0.1, 0.15) is 11.0 Å². The van der Waals surface area contributed by atoms with E-state index in [0.717, 1.165) is 25.3 Å². The number of hydrogen-bond acceptors (Lipinski definition) is 8. The molecular formula is C18H23BrO8. The third kappa shape index (κ3) is 3.69. The summed E-state index contributed by atoms with van der Waals surface area (Å²) < 4.78 is 25.6. The summed E-state index contributed by atoms with van der Waals surface area (Å²) in [5.41, 5.74) is -1.08.